The van der Waals surface area contributed by atoms with Gasteiger partial charge in [0.2, 0.25) is 0 Å². The Morgan fingerprint density at radius 1 is 1.25 bits per heavy atom. The fourth-order valence-electron chi connectivity index (χ4n) is 1.69. The number of rotatable bonds is 4. The molecule has 0 fully saturated rings. The predicted octanol–water partition coefficient (Wildman–Crippen LogP) is 2.90. The van der Waals surface area contributed by atoms with Crippen molar-refractivity contribution in [3.8, 4) is 5.75 Å². The molecule has 0 saturated heterocycles. The lowest BCUT2D eigenvalue weighted by atomic mass is 10.1. The minimum absolute atomic E-state index is 0.000655. The molecule has 0 radical (unpaired) electrons. The summed E-state index contributed by atoms with van der Waals surface area (Å²) in [6.45, 7) is 0. The van der Waals surface area contributed by atoms with Crippen LogP contribution in [-0.2, 0) is 0 Å². The van der Waals surface area contributed by atoms with Crippen molar-refractivity contribution in [3.63, 3.8) is 0 Å². The van der Waals surface area contributed by atoms with E-state index in [1.54, 1.807) is 24.3 Å². The van der Waals surface area contributed by atoms with Gasteiger partial charge in [0, 0.05) is 16.8 Å². The highest BCUT2D eigenvalue weighted by molar-refractivity contribution is 6.04. The third-order valence-electron chi connectivity index (χ3n) is 2.69. The van der Waals surface area contributed by atoms with E-state index in [4.69, 9.17) is 4.74 Å². The second-order valence-corrected chi connectivity index (χ2v) is 4.05. The second kappa shape index (κ2) is 5.97. The van der Waals surface area contributed by atoms with E-state index in [9.17, 15) is 14.0 Å². The van der Waals surface area contributed by atoms with Crippen LogP contribution >= 0.6 is 0 Å². The van der Waals surface area contributed by atoms with Gasteiger partial charge < -0.3 is 10.1 Å². The Kier molecular flexibility index (Phi) is 4.10. The topological polar surface area (TPSA) is 55.4 Å². The quantitative estimate of drug-likeness (QED) is 0.871. The minimum Gasteiger partial charge on any atom is -0.494 e. The van der Waals surface area contributed by atoms with Crippen LogP contribution in [0.4, 0.5) is 10.1 Å². The maximum absolute atomic E-state index is 13.3. The van der Waals surface area contributed by atoms with Crippen molar-refractivity contribution in [3.05, 3.63) is 59.4 Å². The van der Waals surface area contributed by atoms with Crippen molar-refractivity contribution in [2.24, 2.45) is 0 Å². The van der Waals surface area contributed by atoms with Gasteiger partial charge in [0.15, 0.2) is 11.6 Å². The molecular formula is C15H12FNO3. The Labute approximate surface area is 115 Å². The zero-order valence-electron chi connectivity index (χ0n) is 10.7. The number of halogens is 1. The van der Waals surface area contributed by atoms with Crippen molar-refractivity contribution in [2.75, 3.05) is 12.4 Å². The molecule has 0 bridgehead atoms. The molecule has 0 aliphatic rings. The van der Waals surface area contributed by atoms with E-state index in [0.717, 1.165) is 6.07 Å². The van der Waals surface area contributed by atoms with Crippen LogP contribution in [0.1, 0.15) is 20.7 Å². The van der Waals surface area contributed by atoms with Gasteiger partial charge in [-0.15, -0.1) is 0 Å². The van der Waals surface area contributed by atoms with Crippen molar-refractivity contribution in [1.29, 1.82) is 0 Å². The van der Waals surface area contributed by atoms with Crippen LogP contribution in [-0.4, -0.2) is 19.3 Å². The zero-order valence-corrected chi connectivity index (χ0v) is 10.7. The smallest absolute Gasteiger partial charge is 0.255 e. The fraction of sp³-hybridized carbons (Fsp3) is 0.0667. The van der Waals surface area contributed by atoms with Crippen molar-refractivity contribution in [1.82, 2.24) is 0 Å². The van der Waals surface area contributed by atoms with E-state index >= 15 is 0 Å². The van der Waals surface area contributed by atoms with Crippen LogP contribution in [0.2, 0.25) is 0 Å². The monoisotopic (exact) mass is 273 g/mol. The molecule has 0 aliphatic carbocycles. The summed E-state index contributed by atoms with van der Waals surface area (Å²) in [5.41, 5.74) is 1.21. The molecule has 5 heteroatoms. The second-order valence-electron chi connectivity index (χ2n) is 4.05. The number of aldehydes is 1. The van der Waals surface area contributed by atoms with Gasteiger partial charge in [0.05, 0.1) is 7.11 Å². The molecule has 2 aromatic rings. The maximum Gasteiger partial charge on any atom is 0.255 e. The number of carbonyl (C=O) groups excluding carboxylic acids is 2. The SMILES string of the molecule is COc1cc(C(=O)Nc2cccc(C=O)c2)ccc1F. The van der Waals surface area contributed by atoms with E-state index in [1.165, 1.54) is 19.2 Å². The molecular weight excluding hydrogens is 261 g/mol. The van der Waals surface area contributed by atoms with Gasteiger partial charge >= 0.3 is 0 Å². The fourth-order valence-corrected chi connectivity index (χ4v) is 1.69. The van der Waals surface area contributed by atoms with Gasteiger partial charge in [-0.1, -0.05) is 12.1 Å². The summed E-state index contributed by atoms with van der Waals surface area (Å²) in [4.78, 5) is 22.7. The minimum atomic E-state index is -0.535. The van der Waals surface area contributed by atoms with E-state index in [0.29, 0.717) is 17.5 Å². The van der Waals surface area contributed by atoms with Gasteiger partial charge in [0.25, 0.3) is 5.91 Å². The molecule has 102 valence electrons. The number of carbonyl (C=O) groups is 2. The molecule has 2 rings (SSSR count). The predicted molar refractivity (Wildman–Crippen MR) is 72.7 cm³/mol. The third-order valence-corrected chi connectivity index (χ3v) is 2.69. The number of ether oxygens (including phenoxy) is 1. The average Bonchev–Trinajstić information content (AvgIpc) is 2.47. The highest BCUT2D eigenvalue weighted by atomic mass is 19.1. The highest BCUT2D eigenvalue weighted by Gasteiger charge is 2.10. The molecule has 1 N–H and O–H groups in total. The molecule has 2 aromatic carbocycles. The molecule has 0 saturated carbocycles. The van der Waals surface area contributed by atoms with E-state index in [2.05, 4.69) is 5.32 Å². The van der Waals surface area contributed by atoms with Crippen LogP contribution in [0.25, 0.3) is 0 Å². The number of benzene rings is 2. The number of hydrogen-bond acceptors (Lipinski definition) is 3. The maximum atomic E-state index is 13.3. The van der Waals surface area contributed by atoms with Crippen LogP contribution in [0, 0.1) is 5.82 Å². The molecule has 0 heterocycles. The average molecular weight is 273 g/mol. The van der Waals surface area contributed by atoms with Crippen LogP contribution < -0.4 is 10.1 Å². The van der Waals surface area contributed by atoms with Crippen LogP contribution in [0.15, 0.2) is 42.5 Å². The first-order valence-electron chi connectivity index (χ1n) is 5.84. The molecule has 0 spiro atoms. The number of methoxy groups -OCH3 is 1. The van der Waals surface area contributed by atoms with Crippen molar-refractivity contribution < 1.29 is 18.7 Å². The molecule has 0 atom stereocenters. The summed E-state index contributed by atoms with van der Waals surface area (Å²) in [5.74, 6) is -0.947. The summed E-state index contributed by atoms with van der Waals surface area (Å²) in [6.07, 6.45) is 0.691. The van der Waals surface area contributed by atoms with Crippen LogP contribution in [0.5, 0.6) is 5.75 Å². The Morgan fingerprint density at radius 2 is 2.05 bits per heavy atom. The first kappa shape index (κ1) is 13.7. The van der Waals surface area contributed by atoms with Crippen molar-refractivity contribution >= 4 is 17.9 Å². The van der Waals surface area contributed by atoms with E-state index in [1.807, 2.05) is 0 Å². The number of nitrogens with one attached hydrogen (secondary N) is 1. The molecule has 1 amide bonds. The summed E-state index contributed by atoms with van der Waals surface area (Å²) >= 11 is 0. The van der Waals surface area contributed by atoms with Crippen molar-refractivity contribution in [2.45, 2.75) is 0 Å². The van der Waals surface area contributed by atoms with Gasteiger partial charge in [-0.3, -0.25) is 9.59 Å². The van der Waals surface area contributed by atoms with Gasteiger partial charge in [-0.05, 0) is 30.3 Å². The van der Waals surface area contributed by atoms with Crippen LogP contribution in [0.3, 0.4) is 0 Å². The summed E-state index contributed by atoms with van der Waals surface area (Å²) in [7, 11) is 1.33. The summed E-state index contributed by atoms with van der Waals surface area (Å²) in [6, 6.07) is 10.3. The molecule has 20 heavy (non-hydrogen) atoms. The van der Waals surface area contributed by atoms with E-state index < -0.39 is 11.7 Å². The lowest BCUT2D eigenvalue weighted by molar-refractivity contribution is 0.102. The highest BCUT2D eigenvalue weighted by Crippen LogP contribution is 2.19. The molecule has 0 unspecified atom stereocenters. The number of amides is 1. The zero-order chi connectivity index (χ0) is 14.5. The number of hydrogen-bond donors (Lipinski definition) is 1. The lowest BCUT2D eigenvalue weighted by Gasteiger charge is -2.07. The van der Waals surface area contributed by atoms with E-state index in [-0.39, 0.29) is 11.3 Å². The Bertz CT molecular complexity index is 655. The Morgan fingerprint density at radius 3 is 2.75 bits per heavy atom. The molecule has 0 aliphatic heterocycles. The summed E-state index contributed by atoms with van der Waals surface area (Å²) < 4.78 is 18.1. The number of anilines is 1. The molecule has 0 aromatic heterocycles. The third kappa shape index (κ3) is 3.00. The Balaban J connectivity index is 2.21. The van der Waals surface area contributed by atoms with Gasteiger partial charge in [0.1, 0.15) is 6.29 Å². The first-order chi connectivity index (χ1) is 9.63. The lowest BCUT2D eigenvalue weighted by Crippen LogP contribution is -2.12. The molecule has 4 nitrogen and oxygen atoms in total. The first-order valence-corrected chi connectivity index (χ1v) is 5.84. The standard InChI is InChI=1S/C15H12FNO3/c1-20-14-8-11(5-6-13(14)16)15(19)17-12-4-2-3-10(7-12)9-18/h2-9H,1H3,(H,17,19). The normalized spacial score (nSPS) is 9.90. The van der Waals surface area contributed by atoms with Gasteiger partial charge in [-0.25, -0.2) is 4.39 Å². The summed E-state index contributed by atoms with van der Waals surface area (Å²) in [5, 5.41) is 2.63. The Hall–Kier alpha value is -2.69. The van der Waals surface area contributed by atoms with Gasteiger partial charge in [-0.2, -0.15) is 0 Å². The largest absolute Gasteiger partial charge is 0.494 e.